The number of rotatable bonds is 3. The molecule has 0 aromatic carbocycles. The fourth-order valence-electron chi connectivity index (χ4n) is 3.80. The van der Waals surface area contributed by atoms with E-state index in [1.54, 1.807) is 23.9 Å². The molecule has 5 nitrogen and oxygen atoms in total. The number of amides is 1. The molecule has 0 bridgehead atoms. The standard InChI is InChI=1S/C16H23ClN2O3/c1-18-9-11(17)8-13(18)16(20)19-6-7-22-10-14(19)12-4-3-5-15(12)21-2/h8-9,12,14-15H,3-7,10H2,1-2H3/t12-,14-,15+/m0/s1. The van der Waals surface area contributed by atoms with Gasteiger partial charge in [0.25, 0.3) is 5.91 Å². The van der Waals surface area contributed by atoms with Gasteiger partial charge in [-0.15, -0.1) is 0 Å². The van der Waals surface area contributed by atoms with Crippen LogP contribution in [0.25, 0.3) is 0 Å². The van der Waals surface area contributed by atoms with Gasteiger partial charge in [0.05, 0.1) is 30.4 Å². The normalized spacial score (nSPS) is 29.0. The average molecular weight is 327 g/mol. The second-order valence-corrected chi connectivity index (χ2v) is 6.60. The lowest BCUT2D eigenvalue weighted by atomic mass is 9.94. The molecule has 0 unspecified atom stereocenters. The van der Waals surface area contributed by atoms with Crippen LogP contribution in [0.2, 0.25) is 5.02 Å². The first-order chi connectivity index (χ1) is 10.6. The molecular weight excluding hydrogens is 304 g/mol. The summed E-state index contributed by atoms with van der Waals surface area (Å²) in [5.74, 6) is 0.384. The molecule has 1 aromatic heterocycles. The Morgan fingerprint density at radius 2 is 2.27 bits per heavy atom. The van der Waals surface area contributed by atoms with E-state index in [0.717, 1.165) is 19.3 Å². The van der Waals surface area contributed by atoms with Crippen molar-refractivity contribution in [1.29, 1.82) is 0 Å². The van der Waals surface area contributed by atoms with E-state index in [4.69, 9.17) is 21.1 Å². The van der Waals surface area contributed by atoms with Crippen LogP contribution < -0.4 is 0 Å². The van der Waals surface area contributed by atoms with Gasteiger partial charge in [0.15, 0.2) is 0 Å². The minimum Gasteiger partial charge on any atom is -0.381 e. The molecule has 122 valence electrons. The third-order valence-electron chi connectivity index (χ3n) is 4.92. The zero-order chi connectivity index (χ0) is 15.7. The highest BCUT2D eigenvalue weighted by molar-refractivity contribution is 6.31. The largest absolute Gasteiger partial charge is 0.381 e. The molecule has 0 N–H and O–H groups in total. The lowest BCUT2D eigenvalue weighted by molar-refractivity contribution is -0.0463. The number of carbonyl (C=O) groups excluding carboxylic acids is 1. The second-order valence-electron chi connectivity index (χ2n) is 6.16. The van der Waals surface area contributed by atoms with Gasteiger partial charge in [0.1, 0.15) is 5.69 Å². The number of nitrogens with zero attached hydrogens (tertiary/aromatic N) is 2. The molecule has 3 atom stereocenters. The maximum Gasteiger partial charge on any atom is 0.270 e. The van der Waals surface area contributed by atoms with Crippen molar-refractivity contribution in [2.45, 2.75) is 31.4 Å². The van der Waals surface area contributed by atoms with Crippen molar-refractivity contribution in [1.82, 2.24) is 9.47 Å². The number of hydrogen-bond acceptors (Lipinski definition) is 3. The number of methoxy groups -OCH3 is 1. The number of aryl methyl sites for hydroxylation is 1. The van der Waals surface area contributed by atoms with Gasteiger partial charge in [-0.25, -0.2) is 0 Å². The molecule has 1 aliphatic carbocycles. The minimum absolute atomic E-state index is 0.0319. The summed E-state index contributed by atoms with van der Waals surface area (Å²) < 4.78 is 13.1. The van der Waals surface area contributed by atoms with Gasteiger partial charge in [0, 0.05) is 32.8 Å². The molecule has 1 saturated heterocycles. The van der Waals surface area contributed by atoms with E-state index < -0.39 is 0 Å². The fraction of sp³-hybridized carbons (Fsp3) is 0.688. The highest BCUT2D eigenvalue weighted by Crippen LogP contribution is 2.34. The first kappa shape index (κ1) is 15.8. The Labute approximate surface area is 136 Å². The Hall–Kier alpha value is -1.04. The van der Waals surface area contributed by atoms with Gasteiger partial charge in [-0.2, -0.15) is 0 Å². The van der Waals surface area contributed by atoms with Gasteiger partial charge >= 0.3 is 0 Å². The van der Waals surface area contributed by atoms with E-state index in [1.807, 2.05) is 11.9 Å². The maximum absolute atomic E-state index is 12.9. The molecule has 1 amide bonds. The van der Waals surface area contributed by atoms with Crippen molar-refractivity contribution in [2.24, 2.45) is 13.0 Å². The van der Waals surface area contributed by atoms with E-state index in [2.05, 4.69) is 0 Å². The Bertz CT molecular complexity index is 545. The van der Waals surface area contributed by atoms with Gasteiger partial charge < -0.3 is 18.9 Å². The monoisotopic (exact) mass is 326 g/mol. The van der Waals surface area contributed by atoms with Crippen molar-refractivity contribution in [3.63, 3.8) is 0 Å². The lowest BCUT2D eigenvalue weighted by Crippen LogP contribution is -2.54. The summed E-state index contributed by atoms with van der Waals surface area (Å²) >= 11 is 6.02. The van der Waals surface area contributed by atoms with Crippen LogP contribution in [0.4, 0.5) is 0 Å². The average Bonchev–Trinajstić information content (AvgIpc) is 3.12. The molecule has 2 aliphatic rings. The van der Waals surface area contributed by atoms with Crippen LogP contribution >= 0.6 is 11.6 Å². The van der Waals surface area contributed by atoms with Crippen LogP contribution in [-0.2, 0) is 16.5 Å². The van der Waals surface area contributed by atoms with Crippen molar-refractivity contribution in [3.05, 3.63) is 23.0 Å². The fourth-order valence-corrected chi connectivity index (χ4v) is 4.05. The molecule has 0 radical (unpaired) electrons. The zero-order valence-corrected chi connectivity index (χ0v) is 13.9. The molecular formula is C16H23ClN2O3. The molecule has 22 heavy (non-hydrogen) atoms. The summed E-state index contributed by atoms with van der Waals surface area (Å²) in [5, 5.41) is 0.589. The smallest absolute Gasteiger partial charge is 0.270 e. The first-order valence-electron chi connectivity index (χ1n) is 7.85. The molecule has 6 heteroatoms. The van der Waals surface area contributed by atoms with Gasteiger partial charge in [-0.1, -0.05) is 18.0 Å². The summed E-state index contributed by atoms with van der Waals surface area (Å²) in [4.78, 5) is 14.9. The van der Waals surface area contributed by atoms with Crippen molar-refractivity contribution in [2.75, 3.05) is 26.9 Å². The number of halogens is 1. The van der Waals surface area contributed by atoms with Gasteiger partial charge in [0.2, 0.25) is 0 Å². The minimum atomic E-state index is 0.0319. The molecule has 1 aliphatic heterocycles. The topological polar surface area (TPSA) is 43.7 Å². The summed E-state index contributed by atoms with van der Waals surface area (Å²) in [6.07, 6.45) is 5.29. The third-order valence-corrected chi connectivity index (χ3v) is 5.12. The Kier molecular flexibility index (Phi) is 4.76. The van der Waals surface area contributed by atoms with Crippen LogP contribution in [0.1, 0.15) is 29.8 Å². The summed E-state index contributed by atoms with van der Waals surface area (Å²) in [7, 11) is 3.61. The Morgan fingerprint density at radius 3 is 2.95 bits per heavy atom. The maximum atomic E-state index is 12.9. The highest BCUT2D eigenvalue weighted by Gasteiger charge is 2.40. The first-order valence-corrected chi connectivity index (χ1v) is 8.23. The van der Waals surface area contributed by atoms with Crippen molar-refractivity contribution < 1.29 is 14.3 Å². The summed E-state index contributed by atoms with van der Waals surface area (Å²) in [6, 6.07) is 1.82. The quantitative estimate of drug-likeness (QED) is 0.856. The van der Waals surface area contributed by atoms with Crippen LogP contribution in [0.15, 0.2) is 12.3 Å². The Balaban J connectivity index is 1.83. The zero-order valence-electron chi connectivity index (χ0n) is 13.1. The molecule has 0 spiro atoms. The SMILES string of the molecule is CO[C@@H]1CCC[C@H]1[C@@H]1COCCN1C(=O)c1cc(Cl)cn1C. The Morgan fingerprint density at radius 1 is 1.45 bits per heavy atom. The van der Waals surface area contributed by atoms with Crippen LogP contribution in [0.3, 0.4) is 0 Å². The van der Waals surface area contributed by atoms with E-state index in [0.29, 0.717) is 36.4 Å². The number of ether oxygens (including phenoxy) is 2. The van der Waals surface area contributed by atoms with E-state index in [9.17, 15) is 4.79 Å². The number of morpholine rings is 1. The molecule has 1 aromatic rings. The molecule has 1 saturated carbocycles. The predicted octanol–water partition coefficient (Wildman–Crippen LogP) is 2.33. The predicted molar refractivity (Wildman–Crippen MR) is 84.2 cm³/mol. The van der Waals surface area contributed by atoms with Crippen LogP contribution in [0, 0.1) is 5.92 Å². The van der Waals surface area contributed by atoms with Gasteiger partial charge in [-0.3, -0.25) is 4.79 Å². The molecule has 2 heterocycles. The summed E-state index contributed by atoms with van der Waals surface area (Å²) in [6.45, 7) is 1.80. The second kappa shape index (κ2) is 6.60. The highest BCUT2D eigenvalue weighted by atomic mass is 35.5. The van der Waals surface area contributed by atoms with Gasteiger partial charge in [-0.05, 0) is 18.9 Å². The van der Waals surface area contributed by atoms with Crippen LogP contribution in [-0.4, -0.2) is 54.4 Å². The molecule has 3 rings (SSSR count). The van der Waals surface area contributed by atoms with E-state index >= 15 is 0 Å². The van der Waals surface area contributed by atoms with Crippen molar-refractivity contribution >= 4 is 17.5 Å². The molecule has 2 fully saturated rings. The number of aromatic nitrogens is 1. The third kappa shape index (κ3) is 2.90. The van der Waals surface area contributed by atoms with Crippen molar-refractivity contribution in [3.8, 4) is 0 Å². The lowest BCUT2D eigenvalue weighted by Gasteiger charge is -2.40. The number of carbonyl (C=O) groups is 1. The van der Waals surface area contributed by atoms with E-state index in [-0.39, 0.29) is 18.1 Å². The van der Waals surface area contributed by atoms with E-state index in [1.165, 1.54) is 0 Å². The number of hydrogen-bond donors (Lipinski definition) is 0. The van der Waals surface area contributed by atoms with Crippen LogP contribution in [0.5, 0.6) is 0 Å². The summed E-state index contributed by atoms with van der Waals surface area (Å²) in [5.41, 5.74) is 0.629.